The zero-order chi connectivity index (χ0) is 17.7. The molecule has 0 atom stereocenters. The van der Waals surface area contributed by atoms with E-state index in [-0.39, 0.29) is 16.2 Å². The van der Waals surface area contributed by atoms with Gasteiger partial charge in [-0.15, -0.1) is 0 Å². The molecule has 0 radical (unpaired) electrons. The molecule has 24 heavy (non-hydrogen) atoms. The second-order valence-electron chi connectivity index (χ2n) is 4.64. The highest BCUT2D eigenvalue weighted by Gasteiger charge is 2.12. The summed E-state index contributed by atoms with van der Waals surface area (Å²) in [5.74, 6) is -1.73. The van der Waals surface area contributed by atoms with E-state index in [4.69, 9.17) is 22.1 Å². The van der Waals surface area contributed by atoms with Gasteiger partial charge in [-0.3, -0.25) is 10.1 Å². The van der Waals surface area contributed by atoms with Gasteiger partial charge in [-0.05, 0) is 54.7 Å². The van der Waals surface area contributed by atoms with Crippen LogP contribution in [-0.2, 0) is 0 Å². The average Bonchev–Trinajstić information content (AvgIpc) is 2.55. The van der Waals surface area contributed by atoms with Crippen LogP contribution in [0.4, 0.5) is 10.1 Å². The SMILES string of the molecule is COc1ccc(C(=O)O)cc1NC(=S)NC(=O)c1ccc(F)cc1. The fraction of sp³-hybridized carbons (Fsp3) is 0.0625. The summed E-state index contributed by atoms with van der Waals surface area (Å²) in [5, 5.41) is 14.1. The molecule has 0 unspecified atom stereocenters. The van der Waals surface area contributed by atoms with Crippen LogP contribution in [0, 0.1) is 5.82 Å². The maximum Gasteiger partial charge on any atom is 0.335 e. The number of amides is 1. The summed E-state index contributed by atoms with van der Waals surface area (Å²) >= 11 is 5.03. The van der Waals surface area contributed by atoms with Gasteiger partial charge < -0.3 is 15.2 Å². The summed E-state index contributed by atoms with van der Waals surface area (Å²) < 4.78 is 18.0. The Hall–Kier alpha value is -3.00. The van der Waals surface area contributed by atoms with Gasteiger partial charge in [0.05, 0.1) is 18.4 Å². The molecule has 124 valence electrons. The van der Waals surface area contributed by atoms with Crippen LogP contribution in [0.2, 0.25) is 0 Å². The molecule has 0 aliphatic heterocycles. The van der Waals surface area contributed by atoms with E-state index in [1.807, 2.05) is 0 Å². The van der Waals surface area contributed by atoms with Gasteiger partial charge in [-0.25, -0.2) is 9.18 Å². The highest BCUT2D eigenvalue weighted by atomic mass is 32.1. The minimum absolute atomic E-state index is 0.0333. The van der Waals surface area contributed by atoms with Crippen LogP contribution in [0.1, 0.15) is 20.7 Å². The number of nitrogens with one attached hydrogen (secondary N) is 2. The van der Waals surface area contributed by atoms with Crippen molar-refractivity contribution in [2.24, 2.45) is 0 Å². The number of methoxy groups -OCH3 is 1. The third-order valence-corrected chi connectivity index (χ3v) is 3.23. The second kappa shape index (κ2) is 7.51. The molecule has 6 nitrogen and oxygen atoms in total. The normalized spacial score (nSPS) is 9.92. The minimum atomic E-state index is -1.11. The third kappa shape index (κ3) is 4.26. The first-order valence-electron chi connectivity index (χ1n) is 6.70. The molecule has 0 saturated heterocycles. The lowest BCUT2D eigenvalue weighted by Crippen LogP contribution is -2.34. The Bertz CT molecular complexity index is 793. The van der Waals surface area contributed by atoms with Crippen LogP contribution in [0.15, 0.2) is 42.5 Å². The van der Waals surface area contributed by atoms with Crippen molar-refractivity contribution in [2.45, 2.75) is 0 Å². The first-order chi connectivity index (χ1) is 11.4. The van der Waals surface area contributed by atoms with Gasteiger partial charge in [0.25, 0.3) is 5.91 Å². The van der Waals surface area contributed by atoms with Crippen molar-refractivity contribution in [2.75, 3.05) is 12.4 Å². The van der Waals surface area contributed by atoms with Gasteiger partial charge >= 0.3 is 5.97 Å². The lowest BCUT2D eigenvalue weighted by molar-refractivity contribution is 0.0696. The fourth-order valence-electron chi connectivity index (χ4n) is 1.87. The third-order valence-electron chi connectivity index (χ3n) is 3.03. The Labute approximate surface area is 142 Å². The quantitative estimate of drug-likeness (QED) is 0.737. The van der Waals surface area contributed by atoms with Crippen molar-refractivity contribution in [1.82, 2.24) is 5.32 Å². The number of carboxylic acid groups (broad SMARTS) is 1. The van der Waals surface area contributed by atoms with Crippen molar-refractivity contribution in [3.8, 4) is 5.75 Å². The number of ether oxygens (including phenoxy) is 1. The molecule has 0 aliphatic rings. The highest BCUT2D eigenvalue weighted by Crippen LogP contribution is 2.25. The molecular formula is C16H13FN2O4S. The highest BCUT2D eigenvalue weighted by molar-refractivity contribution is 7.80. The van der Waals surface area contributed by atoms with E-state index in [1.165, 1.54) is 37.4 Å². The molecule has 3 N–H and O–H groups in total. The molecule has 0 aliphatic carbocycles. The van der Waals surface area contributed by atoms with Crippen LogP contribution in [0.25, 0.3) is 0 Å². The predicted molar refractivity (Wildman–Crippen MR) is 90.0 cm³/mol. The molecule has 2 rings (SSSR count). The zero-order valence-corrected chi connectivity index (χ0v) is 13.3. The minimum Gasteiger partial charge on any atom is -0.495 e. The fourth-order valence-corrected chi connectivity index (χ4v) is 2.07. The van der Waals surface area contributed by atoms with Crippen LogP contribution >= 0.6 is 12.2 Å². The van der Waals surface area contributed by atoms with Gasteiger partial charge in [0.1, 0.15) is 11.6 Å². The van der Waals surface area contributed by atoms with E-state index < -0.39 is 17.7 Å². The van der Waals surface area contributed by atoms with Gasteiger partial charge in [-0.1, -0.05) is 0 Å². The number of halogens is 1. The number of hydrogen-bond acceptors (Lipinski definition) is 4. The predicted octanol–water partition coefficient (Wildman–Crippen LogP) is 2.66. The van der Waals surface area contributed by atoms with Crippen LogP contribution in [-0.4, -0.2) is 29.2 Å². The monoisotopic (exact) mass is 348 g/mol. The molecular weight excluding hydrogens is 335 g/mol. The molecule has 8 heteroatoms. The maximum absolute atomic E-state index is 12.9. The Kier molecular flexibility index (Phi) is 5.43. The lowest BCUT2D eigenvalue weighted by Gasteiger charge is -2.13. The van der Waals surface area contributed by atoms with Crippen LogP contribution in [0.3, 0.4) is 0 Å². The average molecular weight is 348 g/mol. The van der Waals surface area contributed by atoms with E-state index >= 15 is 0 Å². The van der Waals surface area contributed by atoms with E-state index in [9.17, 15) is 14.0 Å². The number of benzene rings is 2. The van der Waals surface area contributed by atoms with Gasteiger partial charge in [0, 0.05) is 5.56 Å². The zero-order valence-electron chi connectivity index (χ0n) is 12.5. The Morgan fingerprint density at radius 1 is 1.12 bits per heavy atom. The van der Waals surface area contributed by atoms with Gasteiger partial charge in [0.15, 0.2) is 5.11 Å². The number of carbonyl (C=O) groups excluding carboxylic acids is 1. The van der Waals surface area contributed by atoms with Gasteiger partial charge in [-0.2, -0.15) is 0 Å². The summed E-state index contributed by atoms with van der Waals surface area (Å²) in [6.07, 6.45) is 0. The number of anilines is 1. The molecule has 2 aromatic carbocycles. The molecule has 2 aromatic rings. The Balaban J connectivity index is 2.11. The van der Waals surface area contributed by atoms with Crippen molar-refractivity contribution in [3.63, 3.8) is 0 Å². The topological polar surface area (TPSA) is 87.7 Å². The van der Waals surface area contributed by atoms with Gasteiger partial charge in [0.2, 0.25) is 0 Å². The van der Waals surface area contributed by atoms with Crippen molar-refractivity contribution >= 4 is 34.9 Å². The molecule has 0 spiro atoms. The summed E-state index contributed by atoms with van der Waals surface area (Å²) in [4.78, 5) is 23.0. The van der Waals surface area contributed by atoms with Crippen molar-refractivity contribution < 1.29 is 23.8 Å². The first kappa shape index (κ1) is 17.4. The summed E-state index contributed by atoms with van der Waals surface area (Å²) in [7, 11) is 1.42. The largest absolute Gasteiger partial charge is 0.495 e. The summed E-state index contributed by atoms with van der Waals surface area (Å²) in [6.45, 7) is 0. The number of rotatable bonds is 4. The van der Waals surface area contributed by atoms with E-state index in [0.717, 1.165) is 12.1 Å². The Morgan fingerprint density at radius 3 is 2.33 bits per heavy atom. The molecule has 0 heterocycles. The molecule has 0 fully saturated rings. The number of thiocarbonyl (C=S) groups is 1. The molecule has 0 saturated carbocycles. The number of aromatic carboxylic acids is 1. The molecule has 0 bridgehead atoms. The molecule has 0 aromatic heterocycles. The number of carboxylic acids is 1. The van der Waals surface area contributed by atoms with Crippen molar-refractivity contribution in [3.05, 3.63) is 59.4 Å². The first-order valence-corrected chi connectivity index (χ1v) is 7.10. The van der Waals surface area contributed by atoms with E-state index in [1.54, 1.807) is 0 Å². The van der Waals surface area contributed by atoms with Crippen LogP contribution < -0.4 is 15.4 Å². The number of hydrogen-bond donors (Lipinski definition) is 3. The van der Waals surface area contributed by atoms with E-state index in [2.05, 4.69) is 10.6 Å². The second-order valence-corrected chi connectivity index (χ2v) is 5.04. The summed E-state index contributed by atoms with van der Waals surface area (Å²) in [6, 6.07) is 9.13. The Morgan fingerprint density at radius 2 is 1.75 bits per heavy atom. The van der Waals surface area contributed by atoms with E-state index in [0.29, 0.717) is 11.4 Å². The lowest BCUT2D eigenvalue weighted by atomic mass is 10.2. The molecule has 1 amide bonds. The maximum atomic E-state index is 12.9. The van der Waals surface area contributed by atoms with Crippen molar-refractivity contribution in [1.29, 1.82) is 0 Å². The van der Waals surface area contributed by atoms with Crippen LogP contribution in [0.5, 0.6) is 5.75 Å². The smallest absolute Gasteiger partial charge is 0.335 e. The number of carbonyl (C=O) groups is 2. The standard InChI is InChI=1S/C16H13FN2O4S/c1-23-13-7-4-10(15(21)22)8-12(13)18-16(24)19-14(20)9-2-5-11(17)6-3-9/h2-8H,1H3,(H,21,22)(H2,18,19,20,24). The summed E-state index contributed by atoms with van der Waals surface area (Å²) in [5.41, 5.74) is 0.555.